The summed E-state index contributed by atoms with van der Waals surface area (Å²) >= 11 is 0. The first-order valence-electron chi connectivity index (χ1n) is 11.2. The van der Waals surface area contributed by atoms with E-state index < -0.39 is 5.97 Å². The normalized spacial score (nSPS) is 19.4. The smallest absolute Gasteiger partial charge is 0.337 e. The van der Waals surface area contributed by atoms with Gasteiger partial charge in [0.05, 0.1) is 11.3 Å². The Balaban J connectivity index is 1.50. The molecule has 2 heterocycles. The quantitative estimate of drug-likeness (QED) is 0.729. The minimum absolute atomic E-state index is 0.231. The van der Waals surface area contributed by atoms with Crippen molar-refractivity contribution in [1.29, 1.82) is 0 Å². The van der Waals surface area contributed by atoms with E-state index in [1.54, 1.807) is 12.1 Å². The van der Waals surface area contributed by atoms with Crippen LogP contribution in [0.3, 0.4) is 0 Å². The van der Waals surface area contributed by atoms with Gasteiger partial charge in [-0.2, -0.15) is 0 Å². The summed E-state index contributed by atoms with van der Waals surface area (Å²) in [7, 11) is 0. The van der Waals surface area contributed by atoms with Crippen molar-refractivity contribution >= 4 is 23.3 Å². The van der Waals surface area contributed by atoms with Gasteiger partial charge >= 0.3 is 5.97 Å². The molecular weight excluding hydrogens is 390 g/mol. The highest BCUT2D eigenvalue weighted by atomic mass is 16.4. The number of rotatable bonds is 6. The van der Waals surface area contributed by atoms with Gasteiger partial charge in [0.1, 0.15) is 0 Å². The van der Waals surface area contributed by atoms with E-state index >= 15 is 0 Å². The van der Waals surface area contributed by atoms with Crippen molar-refractivity contribution in [3.63, 3.8) is 0 Å². The number of carboxylic acid groups (broad SMARTS) is 1. The van der Waals surface area contributed by atoms with Gasteiger partial charge in [-0.3, -0.25) is 4.79 Å². The number of amides is 1. The van der Waals surface area contributed by atoms with Crippen LogP contribution in [0.1, 0.15) is 52.0 Å². The number of hydrogen-bond donors (Lipinski definition) is 2. The van der Waals surface area contributed by atoms with Crippen LogP contribution in [0.25, 0.3) is 0 Å². The number of likely N-dealkylation sites (tertiary alicyclic amines) is 1. The van der Waals surface area contributed by atoms with E-state index in [1.165, 1.54) is 32.4 Å². The second-order valence-electron chi connectivity index (χ2n) is 8.77. The lowest BCUT2D eigenvalue weighted by atomic mass is 9.96. The molecule has 164 valence electrons. The van der Waals surface area contributed by atoms with Gasteiger partial charge in [0.2, 0.25) is 0 Å². The maximum Gasteiger partial charge on any atom is 0.337 e. The molecule has 0 aromatic heterocycles. The number of anilines is 2. The molecule has 2 aromatic rings. The molecule has 4 rings (SSSR count). The molecule has 0 bridgehead atoms. The van der Waals surface area contributed by atoms with Crippen LogP contribution in [0.2, 0.25) is 0 Å². The lowest BCUT2D eigenvalue weighted by Crippen LogP contribution is -2.41. The molecule has 0 spiro atoms. The van der Waals surface area contributed by atoms with E-state index in [0.29, 0.717) is 17.2 Å². The number of carbonyl (C=O) groups excluding carboxylic acids is 1. The van der Waals surface area contributed by atoms with Crippen LogP contribution in [-0.4, -0.2) is 54.6 Å². The fourth-order valence-electron chi connectivity index (χ4n) is 4.85. The fourth-order valence-corrected chi connectivity index (χ4v) is 4.85. The molecule has 2 saturated heterocycles. The van der Waals surface area contributed by atoms with Crippen molar-refractivity contribution in [2.45, 2.75) is 32.6 Å². The first-order chi connectivity index (χ1) is 15.0. The summed E-state index contributed by atoms with van der Waals surface area (Å²) in [5.41, 5.74) is 2.95. The predicted molar refractivity (Wildman–Crippen MR) is 123 cm³/mol. The molecule has 0 radical (unpaired) electrons. The maximum atomic E-state index is 12.6. The minimum atomic E-state index is -0.969. The Morgan fingerprint density at radius 2 is 1.81 bits per heavy atom. The number of aryl methyl sites for hydroxylation is 1. The van der Waals surface area contributed by atoms with Crippen LogP contribution >= 0.6 is 0 Å². The predicted octanol–water partition coefficient (Wildman–Crippen LogP) is 4.26. The average Bonchev–Trinajstić information content (AvgIpc) is 3.27. The van der Waals surface area contributed by atoms with Crippen molar-refractivity contribution in [3.8, 4) is 0 Å². The molecule has 1 amide bonds. The third-order valence-corrected chi connectivity index (χ3v) is 6.45. The van der Waals surface area contributed by atoms with Crippen molar-refractivity contribution in [3.05, 3.63) is 59.2 Å². The Bertz CT molecular complexity index is 953. The molecule has 2 N–H and O–H groups in total. The highest BCUT2D eigenvalue weighted by Gasteiger charge is 2.26. The van der Waals surface area contributed by atoms with Gasteiger partial charge in [0.15, 0.2) is 0 Å². The number of nitrogens with zero attached hydrogens (tertiary/aromatic N) is 2. The molecule has 0 saturated carbocycles. The number of benzene rings is 2. The average molecular weight is 422 g/mol. The topological polar surface area (TPSA) is 72.9 Å². The first-order valence-corrected chi connectivity index (χ1v) is 11.2. The number of aromatic carboxylic acids is 1. The summed E-state index contributed by atoms with van der Waals surface area (Å²) in [6.07, 6.45) is 4.84. The molecule has 31 heavy (non-hydrogen) atoms. The highest BCUT2D eigenvalue weighted by Crippen LogP contribution is 2.30. The molecule has 0 unspecified atom stereocenters. The van der Waals surface area contributed by atoms with E-state index in [1.807, 2.05) is 37.3 Å². The minimum Gasteiger partial charge on any atom is -0.478 e. The Morgan fingerprint density at radius 1 is 1.03 bits per heavy atom. The van der Waals surface area contributed by atoms with Gasteiger partial charge in [0, 0.05) is 30.9 Å². The van der Waals surface area contributed by atoms with Gasteiger partial charge in [0.25, 0.3) is 5.91 Å². The Labute approximate surface area is 183 Å². The zero-order valence-electron chi connectivity index (χ0n) is 18.1. The van der Waals surface area contributed by atoms with Crippen LogP contribution in [0, 0.1) is 12.8 Å². The van der Waals surface area contributed by atoms with Gasteiger partial charge in [-0.25, -0.2) is 4.79 Å². The lowest BCUT2D eigenvalue weighted by Gasteiger charge is -2.36. The SMILES string of the molecule is Cc1ccccc1C(=O)Nc1ccc(N2CCC[C@H](CN3CCCC3)C2)c(C(=O)O)c1. The van der Waals surface area contributed by atoms with Crippen LogP contribution in [0.5, 0.6) is 0 Å². The molecule has 6 nitrogen and oxygen atoms in total. The Kier molecular flexibility index (Phi) is 6.56. The molecular formula is C25H31N3O3. The summed E-state index contributed by atoms with van der Waals surface area (Å²) in [6.45, 7) is 7.11. The van der Waals surface area contributed by atoms with Crippen molar-refractivity contribution in [1.82, 2.24) is 4.90 Å². The van der Waals surface area contributed by atoms with Crippen LogP contribution in [0.4, 0.5) is 11.4 Å². The van der Waals surface area contributed by atoms with E-state index in [0.717, 1.165) is 37.3 Å². The molecule has 2 aliphatic rings. The largest absolute Gasteiger partial charge is 0.478 e. The Morgan fingerprint density at radius 3 is 2.55 bits per heavy atom. The highest BCUT2D eigenvalue weighted by molar-refractivity contribution is 6.06. The van der Waals surface area contributed by atoms with Crippen molar-refractivity contribution in [2.24, 2.45) is 5.92 Å². The fraction of sp³-hybridized carbons (Fsp3) is 0.440. The second-order valence-corrected chi connectivity index (χ2v) is 8.77. The maximum absolute atomic E-state index is 12.6. The molecule has 2 aromatic carbocycles. The molecule has 0 aliphatic carbocycles. The molecule has 2 fully saturated rings. The van der Waals surface area contributed by atoms with Crippen LogP contribution < -0.4 is 10.2 Å². The van der Waals surface area contributed by atoms with E-state index in [2.05, 4.69) is 15.1 Å². The van der Waals surface area contributed by atoms with Crippen LogP contribution in [0.15, 0.2) is 42.5 Å². The number of carbonyl (C=O) groups is 2. The summed E-state index contributed by atoms with van der Waals surface area (Å²) in [5.74, 6) is -0.636. The summed E-state index contributed by atoms with van der Waals surface area (Å²) < 4.78 is 0. The standard InChI is InChI=1S/C25H31N3O3/c1-18-7-2-3-9-21(18)24(29)26-20-10-11-23(22(15-20)25(30)31)28-14-6-8-19(17-28)16-27-12-4-5-13-27/h2-3,7,9-11,15,19H,4-6,8,12-14,16-17H2,1H3,(H,26,29)(H,30,31)/t19-/m1/s1. The van der Waals surface area contributed by atoms with Gasteiger partial charge in [-0.1, -0.05) is 18.2 Å². The summed E-state index contributed by atoms with van der Waals surface area (Å²) in [5, 5.41) is 12.7. The summed E-state index contributed by atoms with van der Waals surface area (Å²) in [4.78, 5) is 29.4. The van der Waals surface area contributed by atoms with Crippen LogP contribution in [-0.2, 0) is 0 Å². The zero-order valence-corrected chi connectivity index (χ0v) is 18.1. The number of nitrogens with one attached hydrogen (secondary N) is 1. The van der Waals surface area contributed by atoms with Crippen molar-refractivity contribution in [2.75, 3.05) is 42.9 Å². The van der Waals surface area contributed by atoms with Gasteiger partial charge in [-0.05, 0) is 81.4 Å². The number of carboxylic acids is 1. The second kappa shape index (κ2) is 9.52. The lowest BCUT2D eigenvalue weighted by molar-refractivity contribution is 0.0697. The van der Waals surface area contributed by atoms with E-state index in [-0.39, 0.29) is 11.5 Å². The monoisotopic (exact) mass is 421 g/mol. The number of piperidine rings is 1. The first kappa shape index (κ1) is 21.4. The molecule has 1 atom stereocenters. The van der Waals surface area contributed by atoms with Gasteiger partial charge in [-0.15, -0.1) is 0 Å². The Hall–Kier alpha value is -2.86. The van der Waals surface area contributed by atoms with E-state index in [4.69, 9.17) is 0 Å². The van der Waals surface area contributed by atoms with Gasteiger partial charge < -0.3 is 20.2 Å². The zero-order chi connectivity index (χ0) is 21.8. The van der Waals surface area contributed by atoms with Crippen molar-refractivity contribution < 1.29 is 14.7 Å². The summed E-state index contributed by atoms with van der Waals surface area (Å²) in [6, 6.07) is 12.6. The number of hydrogen-bond acceptors (Lipinski definition) is 4. The van der Waals surface area contributed by atoms with E-state index in [9.17, 15) is 14.7 Å². The molecule has 2 aliphatic heterocycles. The molecule has 6 heteroatoms. The third-order valence-electron chi connectivity index (χ3n) is 6.45. The third kappa shape index (κ3) is 5.07.